The van der Waals surface area contributed by atoms with E-state index in [1.54, 1.807) is 49.5 Å². The van der Waals surface area contributed by atoms with Crippen LogP contribution in [0.15, 0.2) is 59.3 Å². The van der Waals surface area contributed by atoms with Crippen LogP contribution in [0.2, 0.25) is 0 Å². The van der Waals surface area contributed by atoms with E-state index in [-0.39, 0.29) is 11.7 Å². The number of methoxy groups -OCH3 is 2. The number of nitrogens with one attached hydrogen (secondary N) is 1. The van der Waals surface area contributed by atoms with E-state index in [0.29, 0.717) is 33.8 Å². The molecule has 0 unspecified atom stereocenters. The molecule has 1 heterocycles. The highest BCUT2D eigenvalue weighted by Crippen LogP contribution is 2.31. The third kappa shape index (κ3) is 5.23. The van der Waals surface area contributed by atoms with Gasteiger partial charge in [0.15, 0.2) is 11.5 Å². The zero-order valence-electron chi connectivity index (χ0n) is 15.9. The molecule has 0 aliphatic rings. The largest absolute Gasteiger partial charge is 0.493 e. The number of aromatic nitrogens is 2. The molecule has 0 fully saturated rings. The highest BCUT2D eigenvalue weighted by atomic mass is 79.9. The monoisotopic (exact) mass is 459 g/mol. The Morgan fingerprint density at radius 1 is 1.28 bits per heavy atom. The Balaban J connectivity index is 1.65. The van der Waals surface area contributed by atoms with Crippen molar-refractivity contribution in [3.05, 3.63) is 76.3 Å². The molecule has 3 rings (SSSR count). The number of nitrogens with zero attached hydrogens (tertiary/aromatic N) is 2. The molecule has 3 aromatic rings. The first-order valence-electron chi connectivity index (χ1n) is 8.66. The fourth-order valence-electron chi connectivity index (χ4n) is 2.74. The van der Waals surface area contributed by atoms with Crippen LogP contribution >= 0.6 is 15.9 Å². The van der Waals surface area contributed by atoms with Crippen molar-refractivity contribution in [2.75, 3.05) is 19.5 Å². The molecule has 150 valence electrons. The topological polar surface area (TPSA) is 65.4 Å². The van der Waals surface area contributed by atoms with Crippen LogP contribution in [0, 0.1) is 5.82 Å². The maximum atomic E-state index is 13.3. The van der Waals surface area contributed by atoms with Crippen molar-refractivity contribution in [2.24, 2.45) is 0 Å². The fourth-order valence-corrected chi connectivity index (χ4v) is 3.14. The van der Waals surface area contributed by atoms with Gasteiger partial charge in [0.05, 0.1) is 37.1 Å². The van der Waals surface area contributed by atoms with Crippen molar-refractivity contribution >= 4 is 33.6 Å². The molecule has 29 heavy (non-hydrogen) atoms. The van der Waals surface area contributed by atoms with Crippen LogP contribution in [0.25, 0.3) is 6.08 Å². The number of ether oxygens (including phenoxy) is 2. The van der Waals surface area contributed by atoms with Crippen molar-refractivity contribution in [3.8, 4) is 11.5 Å². The Morgan fingerprint density at radius 2 is 2.10 bits per heavy atom. The molecule has 0 atom stereocenters. The molecule has 8 heteroatoms. The number of benzene rings is 2. The minimum absolute atomic E-state index is 0.316. The Hall–Kier alpha value is -3.13. The minimum Gasteiger partial charge on any atom is -0.493 e. The van der Waals surface area contributed by atoms with Gasteiger partial charge in [-0.25, -0.2) is 4.39 Å². The van der Waals surface area contributed by atoms with Gasteiger partial charge in [-0.1, -0.05) is 18.2 Å². The Kier molecular flexibility index (Phi) is 6.66. The van der Waals surface area contributed by atoms with Gasteiger partial charge in [-0.15, -0.1) is 0 Å². The molecular formula is C21H19BrFN3O3. The first-order chi connectivity index (χ1) is 14.0. The molecule has 0 aliphatic heterocycles. The molecule has 0 saturated heterocycles. The predicted octanol–water partition coefficient (Wildman–Crippen LogP) is 4.50. The second-order valence-electron chi connectivity index (χ2n) is 6.08. The summed E-state index contributed by atoms with van der Waals surface area (Å²) in [4.78, 5) is 12.1. The van der Waals surface area contributed by atoms with Crippen LogP contribution in [0.5, 0.6) is 11.5 Å². The number of hydrogen-bond acceptors (Lipinski definition) is 4. The summed E-state index contributed by atoms with van der Waals surface area (Å²) < 4.78 is 26.0. The second-order valence-corrected chi connectivity index (χ2v) is 6.93. The van der Waals surface area contributed by atoms with E-state index in [0.717, 1.165) is 5.56 Å². The smallest absolute Gasteiger partial charge is 0.248 e. The van der Waals surface area contributed by atoms with E-state index < -0.39 is 0 Å². The number of hydrogen-bond donors (Lipinski definition) is 1. The van der Waals surface area contributed by atoms with Gasteiger partial charge in [0.1, 0.15) is 5.82 Å². The Bertz CT molecular complexity index is 1050. The lowest BCUT2D eigenvalue weighted by Crippen LogP contribution is -2.07. The quantitative estimate of drug-likeness (QED) is 0.528. The van der Waals surface area contributed by atoms with Crippen molar-refractivity contribution in [3.63, 3.8) is 0 Å². The lowest BCUT2D eigenvalue weighted by Gasteiger charge is -2.12. The van der Waals surface area contributed by atoms with Crippen molar-refractivity contribution in [1.82, 2.24) is 9.78 Å². The van der Waals surface area contributed by atoms with Crippen LogP contribution < -0.4 is 14.8 Å². The van der Waals surface area contributed by atoms with Crippen LogP contribution in [-0.4, -0.2) is 29.9 Å². The van der Waals surface area contributed by atoms with Crippen molar-refractivity contribution in [1.29, 1.82) is 0 Å². The van der Waals surface area contributed by atoms with E-state index in [9.17, 15) is 9.18 Å². The van der Waals surface area contributed by atoms with Gasteiger partial charge in [-0.05, 0) is 45.8 Å². The summed E-state index contributed by atoms with van der Waals surface area (Å²) in [5, 5.41) is 7.01. The molecule has 0 radical (unpaired) electrons. The second kappa shape index (κ2) is 9.38. The number of rotatable bonds is 7. The predicted molar refractivity (Wildman–Crippen MR) is 113 cm³/mol. The van der Waals surface area contributed by atoms with Crippen molar-refractivity contribution < 1.29 is 18.7 Å². The number of halogens is 2. The molecule has 1 amide bonds. The molecular weight excluding hydrogens is 441 g/mol. The van der Waals surface area contributed by atoms with Crippen LogP contribution in [-0.2, 0) is 11.3 Å². The van der Waals surface area contributed by atoms with E-state index in [4.69, 9.17) is 9.47 Å². The number of anilines is 1. The highest BCUT2D eigenvalue weighted by Gasteiger charge is 2.11. The summed E-state index contributed by atoms with van der Waals surface area (Å²) in [7, 11) is 3.17. The summed E-state index contributed by atoms with van der Waals surface area (Å²) in [5.41, 5.74) is 2.16. The molecule has 0 bridgehead atoms. The molecule has 6 nitrogen and oxygen atoms in total. The zero-order valence-corrected chi connectivity index (χ0v) is 17.4. The average molecular weight is 460 g/mol. The molecule has 0 aliphatic carbocycles. The SMILES string of the molecule is COc1cccc(Cn2cc(NC(=O)C=Cc3ccc(F)c(Br)c3)cn2)c1OC. The summed E-state index contributed by atoms with van der Waals surface area (Å²) >= 11 is 3.12. The van der Waals surface area contributed by atoms with Crippen molar-refractivity contribution in [2.45, 2.75) is 6.54 Å². The summed E-state index contributed by atoms with van der Waals surface area (Å²) in [6.07, 6.45) is 6.26. The third-order valence-corrected chi connectivity index (χ3v) is 4.70. The first kappa shape index (κ1) is 20.6. The lowest BCUT2D eigenvalue weighted by atomic mass is 10.2. The maximum Gasteiger partial charge on any atom is 0.248 e. The standard InChI is InChI=1S/C21H19BrFN3O3/c1-28-19-5-3-4-15(21(19)29-2)12-26-13-16(11-24-26)25-20(27)9-7-14-6-8-18(23)17(22)10-14/h3-11,13H,12H2,1-2H3,(H,25,27). The Morgan fingerprint density at radius 3 is 2.83 bits per heavy atom. The number of para-hydroxylation sites is 1. The van der Waals surface area contributed by atoms with Gasteiger partial charge in [0, 0.05) is 17.8 Å². The van der Waals surface area contributed by atoms with Gasteiger partial charge in [-0.3, -0.25) is 9.48 Å². The summed E-state index contributed by atoms with van der Waals surface area (Å²) in [5.74, 6) is 0.614. The average Bonchev–Trinajstić information content (AvgIpc) is 3.15. The fraction of sp³-hybridized carbons (Fsp3) is 0.143. The summed E-state index contributed by atoms with van der Waals surface area (Å²) in [6, 6.07) is 10.1. The maximum absolute atomic E-state index is 13.3. The number of carbonyl (C=O) groups is 1. The first-order valence-corrected chi connectivity index (χ1v) is 9.46. The molecule has 0 saturated carbocycles. The van der Waals surface area contributed by atoms with Crippen LogP contribution in [0.1, 0.15) is 11.1 Å². The van der Waals surface area contributed by atoms with E-state index in [2.05, 4.69) is 26.3 Å². The van der Waals surface area contributed by atoms with Gasteiger partial charge < -0.3 is 14.8 Å². The third-order valence-electron chi connectivity index (χ3n) is 4.09. The molecule has 0 spiro atoms. The zero-order chi connectivity index (χ0) is 20.8. The lowest BCUT2D eigenvalue weighted by molar-refractivity contribution is -0.111. The summed E-state index contributed by atoms with van der Waals surface area (Å²) in [6.45, 7) is 0.454. The Labute approximate surface area is 176 Å². The van der Waals surface area contributed by atoms with Gasteiger partial charge in [-0.2, -0.15) is 5.10 Å². The minimum atomic E-state index is -0.355. The van der Waals surface area contributed by atoms with Gasteiger partial charge >= 0.3 is 0 Å². The highest BCUT2D eigenvalue weighted by molar-refractivity contribution is 9.10. The van der Waals surface area contributed by atoms with Crippen LogP contribution in [0.4, 0.5) is 10.1 Å². The molecule has 1 N–H and O–H groups in total. The van der Waals surface area contributed by atoms with E-state index in [1.807, 2.05) is 18.2 Å². The number of carbonyl (C=O) groups excluding carboxylic acids is 1. The van der Waals surface area contributed by atoms with Gasteiger partial charge in [0.25, 0.3) is 0 Å². The normalized spacial score (nSPS) is 10.9. The van der Waals surface area contributed by atoms with E-state index >= 15 is 0 Å². The van der Waals surface area contributed by atoms with Crippen LogP contribution in [0.3, 0.4) is 0 Å². The molecule has 2 aromatic carbocycles. The molecule has 1 aromatic heterocycles. The number of amides is 1. The van der Waals surface area contributed by atoms with E-state index in [1.165, 1.54) is 12.1 Å². The van der Waals surface area contributed by atoms with Gasteiger partial charge in [0.2, 0.25) is 5.91 Å².